The molecule has 0 spiro atoms. The molecular weight excluding hydrogens is 388 g/mol. The highest BCUT2D eigenvalue weighted by molar-refractivity contribution is 7.99. The van der Waals surface area contributed by atoms with E-state index in [1.165, 1.54) is 31.0 Å². The van der Waals surface area contributed by atoms with Crippen molar-refractivity contribution in [2.75, 3.05) is 17.6 Å². The van der Waals surface area contributed by atoms with Crippen molar-refractivity contribution in [2.24, 2.45) is 5.92 Å². The number of benzene rings is 1. The molecular formula is C21H28N4O3S. The maximum atomic E-state index is 12.4. The molecule has 0 radical (unpaired) electrons. The van der Waals surface area contributed by atoms with Crippen LogP contribution in [0.15, 0.2) is 33.9 Å². The first-order valence-electron chi connectivity index (χ1n) is 10.2. The summed E-state index contributed by atoms with van der Waals surface area (Å²) in [7, 11) is 0. The predicted octanol–water partition coefficient (Wildman–Crippen LogP) is 4.23. The van der Waals surface area contributed by atoms with Gasteiger partial charge < -0.3 is 15.1 Å². The molecule has 1 aromatic carbocycles. The molecule has 29 heavy (non-hydrogen) atoms. The molecule has 0 aliphatic heterocycles. The predicted molar refractivity (Wildman–Crippen MR) is 113 cm³/mol. The number of thioether (sulfide) groups is 1. The van der Waals surface area contributed by atoms with Gasteiger partial charge in [-0.25, -0.2) is 0 Å². The number of aromatic nitrogens is 2. The first-order valence-corrected chi connectivity index (χ1v) is 11.1. The summed E-state index contributed by atoms with van der Waals surface area (Å²) in [5.74, 6) is 1.09. The van der Waals surface area contributed by atoms with E-state index >= 15 is 0 Å². The van der Waals surface area contributed by atoms with Gasteiger partial charge in [-0.3, -0.25) is 9.59 Å². The van der Waals surface area contributed by atoms with E-state index in [1.54, 1.807) is 24.3 Å². The standard InChI is InChI=1S/C21H28N4O3S/c1-14(2)12-22-19(27)16-10-6-7-11-17(16)23-18(26)13-29-21-25-24-20(28-21)15-8-4-3-5-9-15/h6-7,10-11,14-15H,3-5,8-9,12-13H2,1-2H3,(H,22,27)(H,23,26). The Balaban J connectivity index is 1.53. The Kier molecular flexibility index (Phi) is 7.69. The fourth-order valence-corrected chi connectivity index (χ4v) is 3.86. The lowest BCUT2D eigenvalue weighted by molar-refractivity contribution is -0.113. The van der Waals surface area contributed by atoms with Crippen LogP contribution in [0.3, 0.4) is 0 Å². The van der Waals surface area contributed by atoms with Crippen molar-refractivity contribution >= 4 is 29.3 Å². The first kappa shape index (κ1) is 21.4. The summed E-state index contributed by atoms with van der Waals surface area (Å²) in [5.41, 5.74) is 0.941. The van der Waals surface area contributed by atoms with E-state index in [0.29, 0.717) is 40.7 Å². The summed E-state index contributed by atoms with van der Waals surface area (Å²) in [5, 5.41) is 14.3. The van der Waals surface area contributed by atoms with Gasteiger partial charge in [-0.2, -0.15) is 0 Å². The molecule has 1 aliphatic rings. The van der Waals surface area contributed by atoms with Crippen molar-refractivity contribution in [3.05, 3.63) is 35.7 Å². The summed E-state index contributed by atoms with van der Waals surface area (Å²) in [6.07, 6.45) is 5.83. The van der Waals surface area contributed by atoms with Crippen molar-refractivity contribution in [1.82, 2.24) is 15.5 Å². The fraction of sp³-hybridized carbons (Fsp3) is 0.524. The maximum Gasteiger partial charge on any atom is 0.277 e. The van der Waals surface area contributed by atoms with Gasteiger partial charge in [0.25, 0.3) is 11.1 Å². The normalized spacial score (nSPS) is 14.7. The minimum atomic E-state index is -0.225. The highest BCUT2D eigenvalue weighted by atomic mass is 32.2. The molecule has 1 aromatic heterocycles. The Labute approximate surface area is 175 Å². The Morgan fingerprint density at radius 2 is 1.93 bits per heavy atom. The van der Waals surface area contributed by atoms with Crippen molar-refractivity contribution in [1.29, 1.82) is 0 Å². The Hall–Kier alpha value is -2.35. The van der Waals surface area contributed by atoms with E-state index in [0.717, 1.165) is 12.8 Å². The molecule has 2 N–H and O–H groups in total. The van der Waals surface area contributed by atoms with Crippen molar-refractivity contribution in [3.63, 3.8) is 0 Å². The van der Waals surface area contributed by atoms with Crippen LogP contribution in [0.2, 0.25) is 0 Å². The highest BCUT2D eigenvalue weighted by Crippen LogP contribution is 2.32. The topological polar surface area (TPSA) is 97.1 Å². The molecule has 156 valence electrons. The van der Waals surface area contributed by atoms with Crippen LogP contribution >= 0.6 is 11.8 Å². The van der Waals surface area contributed by atoms with Crippen LogP contribution in [0.1, 0.15) is 68.1 Å². The molecule has 0 saturated heterocycles. The van der Waals surface area contributed by atoms with Crippen LogP contribution < -0.4 is 10.6 Å². The quantitative estimate of drug-likeness (QED) is 0.625. The third-order valence-electron chi connectivity index (χ3n) is 4.82. The number of anilines is 1. The van der Waals surface area contributed by atoms with Crippen LogP contribution in [0.5, 0.6) is 0 Å². The van der Waals surface area contributed by atoms with E-state index < -0.39 is 0 Å². The average molecular weight is 417 g/mol. The number of nitrogens with one attached hydrogen (secondary N) is 2. The van der Waals surface area contributed by atoms with E-state index in [2.05, 4.69) is 20.8 Å². The number of amides is 2. The molecule has 0 bridgehead atoms. The van der Waals surface area contributed by atoms with Gasteiger partial charge in [0, 0.05) is 12.5 Å². The SMILES string of the molecule is CC(C)CNC(=O)c1ccccc1NC(=O)CSc1nnc(C2CCCCC2)o1. The number of hydrogen-bond acceptors (Lipinski definition) is 6. The van der Waals surface area contributed by atoms with Crippen molar-refractivity contribution in [3.8, 4) is 0 Å². The van der Waals surface area contributed by atoms with Crippen LogP contribution in [-0.4, -0.2) is 34.3 Å². The molecule has 0 unspecified atom stereocenters. The minimum absolute atomic E-state index is 0.133. The lowest BCUT2D eigenvalue weighted by Crippen LogP contribution is -2.28. The third-order valence-corrected chi connectivity index (χ3v) is 5.64. The van der Waals surface area contributed by atoms with Gasteiger partial charge in [0.05, 0.1) is 17.0 Å². The summed E-state index contributed by atoms with van der Waals surface area (Å²) in [6.45, 7) is 4.64. The Morgan fingerprint density at radius 3 is 2.69 bits per heavy atom. The van der Waals surface area contributed by atoms with Gasteiger partial charge in [-0.15, -0.1) is 10.2 Å². The first-order chi connectivity index (χ1) is 14.0. The Bertz CT molecular complexity index is 831. The summed E-state index contributed by atoms with van der Waals surface area (Å²) in [6, 6.07) is 6.99. The second-order valence-electron chi connectivity index (χ2n) is 7.73. The summed E-state index contributed by atoms with van der Waals surface area (Å²) < 4.78 is 5.74. The van der Waals surface area contributed by atoms with E-state index in [1.807, 2.05) is 13.8 Å². The van der Waals surface area contributed by atoms with Gasteiger partial charge in [-0.05, 0) is 30.9 Å². The molecule has 7 nitrogen and oxygen atoms in total. The van der Waals surface area contributed by atoms with Gasteiger partial charge >= 0.3 is 0 Å². The van der Waals surface area contributed by atoms with E-state index in [9.17, 15) is 9.59 Å². The van der Waals surface area contributed by atoms with Crippen molar-refractivity contribution < 1.29 is 14.0 Å². The molecule has 1 fully saturated rings. The molecule has 2 aromatic rings. The molecule has 1 heterocycles. The zero-order valence-electron chi connectivity index (χ0n) is 16.9. The molecule has 3 rings (SSSR count). The largest absolute Gasteiger partial charge is 0.416 e. The number of nitrogens with zero attached hydrogens (tertiary/aromatic N) is 2. The van der Waals surface area contributed by atoms with Gasteiger partial charge in [0.2, 0.25) is 11.8 Å². The van der Waals surface area contributed by atoms with E-state index in [4.69, 9.17) is 4.42 Å². The highest BCUT2D eigenvalue weighted by Gasteiger charge is 2.22. The van der Waals surface area contributed by atoms with Crippen LogP contribution in [0, 0.1) is 5.92 Å². The monoisotopic (exact) mass is 416 g/mol. The Morgan fingerprint density at radius 1 is 1.17 bits per heavy atom. The second kappa shape index (κ2) is 10.4. The lowest BCUT2D eigenvalue weighted by atomic mass is 9.89. The average Bonchev–Trinajstić information content (AvgIpc) is 3.21. The zero-order chi connectivity index (χ0) is 20.6. The maximum absolute atomic E-state index is 12.4. The minimum Gasteiger partial charge on any atom is -0.416 e. The lowest BCUT2D eigenvalue weighted by Gasteiger charge is -2.17. The zero-order valence-corrected chi connectivity index (χ0v) is 17.8. The number of carbonyl (C=O) groups is 2. The number of hydrogen-bond donors (Lipinski definition) is 2. The number of para-hydroxylation sites is 1. The van der Waals surface area contributed by atoms with Gasteiger partial charge in [-0.1, -0.05) is 57.0 Å². The smallest absolute Gasteiger partial charge is 0.277 e. The second-order valence-corrected chi connectivity index (χ2v) is 8.65. The molecule has 1 saturated carbocycles. The van der Waals surface area contributed by atoms with Crippen LogP contribution in [-0.2, 0) is 4.79 Å². The van der Waals surface area contributed by atoms with Gasteiger partial charge in [0.1, 0.15) is 0 Å². The summed E-state index contributed by atoms with van der Waals surface area (Å²) in [4.78, 5) is 24.8. The third kappa shape index (κ3) is 6.32. The summed E-state index contributed by atoms with van der Waals surface area (Å²) >= 11 is 1.21. The molecule has 2 amide bonds. The van der Waals surface area contributed by atoms with Gasteiger partial charge in [0.15, 0.2) is 0 Å². The molecule has 8 heteroatoms. The number of carbonyl (C=O) groups excluding carboxylic acids is 2. The van der Waals surface area contributed by atoms with Crippen LogP contribution in [0.25, 0.3) is 0 Å². The number of rotatable bonds is 8. The molecule has 1 aliphatic carbocycles. The van der Waals surface area contributed by atoms with Crippen LogP contribution in [0.4, 0.5) is 5.69 Å². The molecule has 0 atom stereocenters. The van der Waals surface area contributed by atoms with Crippen molar-refractivity contribution in [2.45, 2.75) is 57.1 Å². The fourth-order valence-electron chi connectivity index (χ4n) is 3.29. The van der Waals surface area contributed by atoms with E-state index in [-0.39, 0.29) is 17.6 Å².